The normalized spacial score (nSPS) is 16.3. The first-order valence-corrected chi connectivity index (χ1v) is 8.99. The number of carbonyl (C=O) groups excluding carboxylic acids is 2. The molecule has 6 heteroatoms. The van der Waals surface area contributed by atoms with Crippen LogP contribution < -0.4 is 10.6 Å². The first-order valence-electron chi connectivity index (χ1n) is 8.61. The van der Waals surface area contributed by atoms with Crippen LogP contribution in [0.1, 0.15) is 39.1 Å². The fourth-order valence-electron chi connectivity index (χ4n) is 2.85. The second kappa shape index (κ2) is 8.34. The minimum Gasteiger partial charge on any atom is -0.376 e. The third kappa shape index (κ3) is 4.42. The molecule has 1 aliphatic rings. The van der Waals surface area contributed by atoms with Crippen molar-refractivity contribution < 1.29 is 14.3 Å². The highest BCUT2D eigenvalue weighted by Crippen LogP contribution is 2.23. The van der Waals surface area contributed by atoms with E-state index in [0.717, 1.165) is 25.0 Å². The first kappa shape index (κ1) is 18.4. The Balaban J connectivity index is 1.66. The fraction of sp³-hybridized carbons (Fsp3) is 0.300. The van der Waals surface area contributed by atoms with Crippen LogP contribution in [0.5, 0.6) is 0 Å². The van der Waals surface area contributed by atoms with Gasteiger partial charge in [0.25, 0.3) is 11.8 Å². The molecule has 2 N–H and O–H groups in total. The Morgan fingerprint density at radius 1 is 1.15 bits per heavy atom. The highest BCUT2D eigenvalue weighted by molar-refractivity contribution is 6.31. The van der Waals surface area contributed by atoms with E-state index in [0.29, 0.717) is 28.4 Å². The average Bonchev–Trinajstić information content (AvgIpc) is 3.17. The van der Waals surface area contributed by atoms with Crippen LogP contribution >= 0.6 is 11.6 Å². The van der Waals surface area contributed by atoms with Crippen LogP contribution in [0.2, 0.25) is 5.02 Å². The number of hydrogen-bond donors (Lipinski definition) is 2. The van der Waals surface area contributed by atoms with E-state index in [2.05, 4.69) is 10.6 Å². The van der Waals surface area contributed by atoms with Gasteiger partial charge < -0.3 is 15.4 Å². The van der Waals surface area contributed by atoms with Crippen LogP contribution in [-0.4, -0.2) is 31.1 Å². The standard InChI is InChI=1S/C20H21ClN2O3/c1-13-17(21)8-3-9-18(13)23-20(25)15-6-2-5-14(11-15)19(24)22-12-16-7-4-10-26-16/h2-3,5-6,8-9,11,16H,4,7,10,12H2,1H3,(H,22,24)(H,23,25). The molecule has 1 heterocycles. The SMILES string of the molecule is Cc1c(Cl)cccc1NC(=O)c1cccc(C(=O)NCC2CCCO2)c1. The molecule has 0 radical (unpaired) electrons. The molecule has 2 aromatic carbocycles. The van der Waals surface area contributed by atoms with Gasteiger partial charge in [0.15, 0.2) is 0 Å². The summed E-state index contributed by atoms with van der Waals surface area (Å²) in [7, 11) is 0. The molecule has 0 aliphatic carbocycles. The van der Waals surface area contributed by atoms with Crippen LogP contribution in [0.25, 0.3) is 0 Å². The molecule has 0 bridgehead atoms. The maximum Gasteiger partial charge on any atom is 0.255 e. The van der Waals surface area contributed by atoms with Gasteiger partial charge in [0.1, 0.15) is 0 Å². The summed E-state index contributed by atoms with van der Waals surface area (Å²) in [4.78, 5) is 24.8. The maximum atomic E-state index is 12.5. The fourth-order valence-corrected chi connectivity index (χ4v) is 3.03. The van der Waals surface area contributed by atoms with Crippen LogP contribution in [-0.2, 0) is 4.74 Å². The van der Waals surface area contributed by atoms with E-state index >= 15 is 0 Å². The van der Waals surface area contributed by atoms with E-state index in [4.69, 9.17) is 16.3 Å². The molecule has 2 aromatic rings. The topological polar surface area (TPSA) is 67.4 Å². The quantitative estimate of drug-likeness (QED) is 0.838. The van der Waals surface area contributed by atoms with Gasteiger partial charge in [-0.3, -0.25) is 9.59 Å². The molecule has 3 rings (SSSR count). The predicted molar refractivity (Wildman–Crippen MR) is 102 cm³/mol. The Morgan fingerprint density at radius 2 is 1.88 bits per heavy atom. The molecule has 1 saturated heterocycles. The van der Waals surface area contributed by atoms with Crippen molar-refractivity contribution in [3.63, 3.8) is 0 Å². The molecule has 5 nitrogen and oxygen atoms in total. The number of benzene rings is 2. The van der Waals surface area contributed by atoms with Gasteiger partial charge in [0.05, 0.1) is 6.10 Å². The van der Waals surface area contributed by atoms with E-state index in [1.54, 1.807) is 42.5 Å². The second-order valence-corrected chi connectivity index (χ2v) is 6.70. The largest absolute Gasteiger partial charge is 0.376 e. The molecule has 1 fully saturated rings. The highest BCUT2D eigenvalue weighted by atomic mass is 35.5. The van der Waals surface area contributed by atoms with Crippen molar-refractivity contribution in [1.29, 1.82) is 0 Å². The zero-order valence-electron chi connectivity index (χ0n) is 14.5. The Labute approximate surface area is 157 Å². The molecule has 136 valence electrons. The number of carbonyl (C=O) groups is 2. The van der Waals surface area contributed by atoms with Crippen LogP contribution in [0.15, 0.2) is 42.5 Å². The number of hydrogen-bond acceptors (Lipinski definition) is 3. The number of halogens is 1. The van der Waals surface area contributed by atoms with Crippen molar-refractivity contribution >= 4 is 29.1 Å². The molecule has 26 heavy (non-hydrogen) atoms. The zero-order chi connectivity index (χ0) is 18.5. The second-order valence-electron chi connectivity index (χ2n) is 6.29. The number of amides is 2. The molecule has 1 atom stereocenters. The maximum absolute atomic E-state index is 12.5. The van der Waals surface area contributed by atoms with E-state index in [-0.39, 0.29) is 17.9 Å². The molecule has 2 amide bonds. The lowest BCUT2D eigenvalue weighted by molar-refractivity contribution is 0.0858. The molecule has 0 spiro atoms. The van der Waals surface area contributed by atoms with Gasteiger partial charge in [-0.25, -0.2) is 0 Å². The summed E-state index contributed by atoms with van der Waals surface area (Å²) in [6, 6.07) is 12.0. The number of nitrogens with one attached hydrogen (secondary N) is 2. The van der Waals surface area contributed by atoms with Gasteiger partial charge >= 0.3 is 0 Å². The van der Waals surface area contributed by atoms with Crippen molar-refractivity contribution in [2.75, 3.05) is 18.5 Å². The Hall–Kier alpha value is -2.37. The Kier molecular flexibility index (Phi) is 5.91. The number of rotatable bonds is 5. The lowest BCUT2D eigenvalue weighted by atomic mass is 10.1. The Morgan fingerprint density at radius 3 is 2.62 bits per heavy atom. The molecule has 0 saturated carbocycles. The smallest absolute Gasteiger partial charge is 0.255 e. The zero-order valence-corrected chi connectivity index (χ0v) is 15.3. The highest BCUT2D eigenvalue weighted by Gasteiger charge is 2.17. The van der Waals surface area contributed by atoms with Gasteiger partial charge in [0.2, 0.25) is 0 Å². The summed E-state index contributed by atoms with van der Waals surface area (Å²) < 4.78 is 5.50. The van der Waals surface area contributed by atoms with E-state index in [9.17, 15) is 9.59 Å². The lowest BCUT2D eigenvalue weighted by Gasteiger charge is -2.12. The van der Waals surface area contributed by atoms with E-state index < -0.39 is 0 Å². The van der Waals surface area contributed by atoms with Crippen LogP contribution in [0, 0.1) is 6.92 Å². The minimum atomic E-state index is -0.288. The summed E-state index contributed by atoms with van der Waals surface area (Å²) in [5, 5.41) is 6.28. The van der Waals surface area contributed by atoms with Crippen LogP contribution in [0.3, 0.4) is 0 Å². The Bertz CT molecular complexity index is 816. The molecule has 1 unspecified atom stereocenters. The summed E-state index contributed by atoms with van der Waals surface area (Å²) in [6.07, 6.45) is 2.07. The van der Waals surface area contributed by atoms with E-state index in [1.807, 2.05) is 6.92 Å². The third-order valence-electron chi connectivity index (χ3n) is 4.42. The van der Waals surface area contributed by atoms with Crippen molar-refractivity contribution in [3.05, 3.63) is 64.2 Å². The average molecular weight is 373 g/mol. The monoisotopic (exact) mass is 372 g/mol. The predicted octanol–water partition coefficient (Wildman–Crippen LogP) is 3.81. The molecule has 1 aliphatic heterocycles. The van der Waals surface area contributed by atoms with Crippen molar-refractivity contribution in [3.8, 4) is 0 Å². The molecular formula is C20H21ClN2O3. The van der Waals surface area contributed by atoms with Gasteiger partial charge in [-0.05, 0) is 55.7 Å². The first-order chi connectivity index (χ1) is 12.5. The van der Waals surface area contributed by atoms with Crippen molar-refractivity contribution in [2.45, 2.75) is 25.9 Å². The van der Waals surface area contributed by atoms with Crippen molar-refractivity contribution in [2.24, 2.45) is 0 Å². The third-order valence-corrected chi connectivity index (χ3v) is 4.83. The van der Waals surface area contributed by atoms with Crippen molar-refractivity contribution in [1.82, 2.24) is 5.32 Å². The van der Waals surface area contributed by atoms with Gasteiger partial charge in [0, 0.05) is 35.0 Å². The minimum absolute atomic E-state index is 0.0798. The summed E-state index contributed by atoms with van der Waals surface area (Å²) in [5.41, 5.74) is 2.30. The number of anilines is 1. The van der Waals surface area contributed by atoms with Gasteiger partial charge in [-0.1, -0.05) is 23.7 Å². The van der Waals surface area contributed by atoms with Crippen LogP contribution in [0.4, 0.5) is 5.69 Å². The van der Waals surface area contributed by atoms with Gasteiger partial charge in [-0.15, -0.1) is 0 Å². The summed E-state index contributed by atoms with van der Waals surface area (Å²) >= 11 is 6.08. The molecular weight excluding hydrogens is 352 g/mol. The van der Waals surface area contributed by atoms with Gasteiger partial charge in [-0.2, -0.15) is 0 Å². The molecule has 0 aromatic heterocycles. The lowest BCUT2D eigenvalue weighted by Crippen LogP contribution is -2.31. The number of ether oxygens (including phenoxy) is 1. The summed E-state index contributed by atoms with van der Waals surface area (Å²) in [6.45, 7) is 3.07. The summed E-state index contributed by atoms with van der Waals surface area (Å²) in [5.74, 6) is -0.502. The van der Waals surface area contributed by atoms with E-state index in [1.165, 1.54) is 0 Å².